The molecule has 11 heteroatoms. The average Bonchev–Trinajstić information content (AvgIpc) is 3.41. The highest BCUT2D eigenvalue weighted by molar-refractivity contribution is 8.00. The predicted octanol–water partition coefficient (Wildman–Crippen LogP) is 5.31. The Hall–Kier alpha value is -3.86. The van der Waals surface area contributed by atoms with Crippen LogP contribution in [0.15, 0.2) is 82.6 Å². The summed E-state index contributed by atoms with van der Waals surface area (Å²) in [5, 5.41) is 3.07. The molecular formula is C30H24ClN3O5S2. The Labute approximate surface area is 248 Å². The van der Waals surface area contributed by atoms with Gasteiger partial charge in [-0.1, -0.05) is 71.1 Å². The summed E-state index contributed by atoms with van der Waals surface area (Å²) >= 11 is 8.22. The summed E-state index contributed by atoms with van der Waals surface area (Å²) in [7, 11) is 1.54. The van der Waals surface area contributed by atoms with Crippen LogP contribution in [0.2, 0.25) is 5.02 Å². The van der Waals surface area contributed by atoms with E-state index in [1.807, 2.05) is 43.3 Å². The third-order valence-corrected chi connectivity index (χ3v) is 10.2. The highest BCUT2D eigenvalue weighted by Gasteiger charge is 2.57. The molecule has 0 radical (unpaired) electrons. The Bertz CT molecular complexity index is 1750. The number of aryl methyl sites for hydroxylation is 1. The fraction of sp³-hybridized carbons (Fsp3) is 0.200. The number of thioether (sulfide) groups is 1. The standard InChI is InChI=1S/C30H24ClN3O5S2/c1-16-7-3-5-9-20(16)32-22(35)15-33-29-26(41-30(33)38)23(19-8-4-6-10-21(19)39-2)24-25(40-29)28(37)34(27(24)36)18-13-11-17(31)12-14-18/h3-14,23-25H,15H2,1-2H3,(H,32,35)/t23-,24-,25+/m0/s1. The molecule has 8 nitrogen and oxygen atoms in total. The van der Waals surface area contributed by atoms with Crippen LogP contribution < -0.4 is 19.8 Å². The van der Waals surface area contributed by atoms with Crippen LogP contribution in [0.1, 0.15) is 21.9 Å². The fourth-order valence-corrected chi connectivity index (χ4v) is 8.29. The van der Waals surface area contributed by atoms with Gasteiger partial charge in [-0.25, -0.2) is 4.90 Å². The molecule has 3 heterocycles. The third kappa shape index (κ3) is 4.75. The highest BCUT2D eigenvalue weighted by Crippen LogP contribution is 2.55. The van der Waals surface area contributed by atoms with Gasteiger partial charge >= 0.3 is 4.87 Å². The summed E-state index contributed by atoms with van der Waals surface area (Å²) < 4.78 is 7.05. The van der Waals surface area contributed by atoms with Crippen molar-refractivity contribution in [2.24, 2.45) is 5.92 Å². The summed E-state index contributed by atoms with van der Waals surface area (Å²) in [6.07, 6.45) is 0. The molecule has 0 unspecified atom stereocenters. The second-order valence-corrected chi connectivity index (χ2v) is 12.3. The van der Waals surface area contributed by atoms with Gasteiger partial charge in [-0.05, 0) is 48.9 Å². The maximum Gasteiger partial charge on any atom is 0.308 e. The number of ether oxygens (including phenoxy) is 1. The van der Waals surface area contributed by atoms with Crippen LogP contribution in [0.25, 0.3) is 0 Å². The van der Waals surface area contributed by atoms with Crippen LogP contribution in [0.4, 0.5) is 11.4 Å². The molecule has 0 bridgehead atoms. The van der Waals surface area contributed by atoms with Crippen molar-refractivity contribution >= 4 is 63.8 Å². The number of thiazole rings is 1. The molecule has 3 aromatic carbocycles. The van der Waals surface area contributed by atoms with Gasteiger partial charge in [0.1, 0.15) is 17.5 Å². The zero-order chi connectivity index (χ0) is 28.8. The molecule has 3 atom stereocenters. The van der Waals surface area contributed by atoms with Crippen molar-refractivity contribution in [2.75, 3.05) is 17.3 Å². The monoisotopic (exact) mass is 605 g/mol. The van der Waals surface area contributed by atoms with Gasteiger partial charge in [0, 0.05) is 27.1 Å². The molecule has 0 aliphatic carbocycles. The van der Waals surface area contributed by atoms with E-state index in [2.05, 4.69) is 5.32 Å². The molecule has 1 N–H and O–H groups in total. The van der Waals surface area contributed by atoms with Crippen molar-refractivity contribution in [3.05, 3.63) is 103 Å². The lowest BCUT2D eigenvalue weighted by molar-refractivity contribution is -0.122. The number of amides is 3. The van der Waals surface area contributed by atoms with Crippen LogP contribution in [-0.4, -0.2) is 34.6 Å². The summed E-state index contributed by atoms with van der Waals surface area (Å²) in [5.74, 6) is -1.97. The van der Waals surface area contributed by atoms with Gasteiger partial charge in [0.05, 0.1) is 23.7 Å². The number of nitrogens with zero attached hydrogens (tertiary/aromatic N) is 2. The van der Waals surface area contributed by atoms with E-state index in [-0.39, 0.29) is 29.1 Å². The lowest BCUT2D eigenvalue weighted by atomic mass is 9.82. The van der Waals surface area contributed by atoms with Crippen molar-refractivity contribution in [3.8, 4) is 5.75 Å². The van der Waals surface area contributed by atoms with Crippen LogP contribution >= 0.6 is 34.7 Å². The number of carbonyl (C=O) groups is 3. The van der Waals surface area contributed by atoms with Crippen molar-refractivity contribution in [3.63, 3.8) is 0 Å². The van der Waals surface area contributed by atoms with Gasteiger partial charge in [-0.2, -0.15) is 0 Å². The van der Waals surface area contributed by atoms with Crippen molar-refractivity contribution in [1.82, 2.24) is 4.57 Å². The Morgan fingerprint density at radius 2 is 1.68 bits per heavy atom. The van der Waals surface area contributed by atoms with Gasteiger partial charge < -0.3 is 10.1 Å². The Kier molecular flexibility index (Phi) is 7.23. The van der Waals surface area contributed by atoms with Crippen molar-refractivity contribution in [2.45, 2.75) is 29.7 Å². The summed E-state index contributed by atoms with van der Waals surface area (Å²) in [6.45, 7) is 1.66. The summed E-state index contributed by atoms with van der Waals surface area (Å²) in [4.78, 5) is 55.8. The molecule has 4 aromatic rings. The first-order chi connectivity index (χ1) is 19.8. The lowest BCUT2D eigenvalue weighted by Gasteiger charge is -2.31. The first-order valence-electron chi connectivity index (χ1n) is 12.8. The Balaban J connectivity index is 1.44. The quantitative estimate of drug-likeness (QED) is 0.299. The lowest BCUT2D eigenvalue weighted by Crippen LogP contribution is -2.33. The zero-order valence-electron chi connectivity index (χ0n) is 22.0. The Morgan fingerprint density at radius 3 is 2.41 bits per heavy atom. The van der Waals surface area contributed by atoms with E-state index < -0.39 is 17.1 Å². The fourth-order valence-electron chi connectivity index (χ4n) is 5.40. The van der Waals surface area contributed by atoms with Crippen LogP contribution in [0, 0.1) is 12.8 Å². The molecule has 1 aromatic heterocycles. The molecule has 208 valence electrons. The predicted molar refractivity (Wildman–Crippen MR) is 160 cm³/mol. The molecule has 2 aliphatic rings. The van der Waals surface area contributed by atoms with Gasteiger partial charge in [0.15, 0.2) is 0 Å². The minimum atomic E-state index is -0.805. The van der Waals surface area contributed by atoms with E-state index in [0.29, 0.717) is 37.6 Å². The molecule has 41 heavy (non-hydrogen) atoms. The topological polar surface area (TPSA) is 97.7 Å². The number of hydrogen-bond donors (Lipinski definition) is 1. The molecule has 0 saturated carbocycles. The van der Waals surface area contributed by atoms with Gasteiger partial charge in [-0.3, -0.25) is 23.7 Å². The number of aromatic nitrogens is 1. The minimum Gasteiger partial charge on any atom is -0.496 e. The average molecular weight is 606 g/mol. The molecule has 0 spiro atoms. The maximum absolute atomic E-state index is 14.0. The number of halogens is 1. The highest BCUT2D eigenvalue weighted by atomic mass is 35.5. The molecule has 6 rings (SSSR count). The van der Waals surface area contributed by atoms with Crippen LogP contribution in [-0.2, 0) is 20.9 Å². The zero-order valence-corrected chi connectivity index (χ0v) is 24.4. The molecule has 2 aliphatic heterocycles. The smallest absolute Gasteiger partial charge is 0.308 e. The van der Waals surface area contributed by atoms with Crippen molar-refractivity contribution < 1.29 is 19.1 Å². The third-order valence-electron chi connectivity index (χ3n) is 7.33. The van der Waals surface area contributed by atoms with Gasteiger partial charge in [0.25, 0.3) is 0 Å². The van der Waals surface area contributed by atoms with E-state index >= 15 is 0 Å². The summed E-state index contributed by atoms with van der Waals surface area (Å²) in [5.41, 5.74) is 2.68. The van der Waals surface area contributed by atoms with Crippen LogP contribution in [0.5, 0.6) is 5.75 Å². The maximum atomic E-state index is 14.0. The molecule has 1 fully saturated rings. The number of anilines is 2. The molecule has 1 saturated heterocycles. The second kappa shape index (κ2) is 10.8. The van der Waals surface area contributed by atoms with E-state index in [1.165, 1.54) is 21.2 Å². The first-order valence-corrected chi connectivity index (χ1v) is 14.9. The van der Waals surface area contributed by atoms with E-state index in [4.69, 9.17) is 16.3 Å². The van der Waals surface area contributed by atoms with Crippen molar-refractivity contribution in [1.29, 1.82) is 0 Å². The number of rotatable bonds is 6. The normalized spacial score (nSPS) is 19.6. The second-order valence-electron chi connectivity index (χ2n) is 9.76. The number of fused-ring (bicyclic) bond motifs is 2. The van der Waals surface area contributed by atoms with E-state index in [0.717, 1.165) is 16.9 Å². The van der Waals surface area contributed by atoms with Gasteiger partial charge in [-0.15, -0.1) is 0 Å². The molecule has 3 amide bonds. The largest absolute Gasteiger partial charge is 0.496 e. The number of methoxy groups -OCH3 is 1. The number of carbonyl (C=O) groups excluding carboxylic acids is 3. The molecular weight excluding hydrogens is 582 g/mol. The number of hydrogen-bond acceptors (Lipinski definition) is 7. The SMILES string of the molecule is COc1ccccc1[C@@H]1c2sc(=O)n(CC(=O)Nc3ccccc3C)c2S[C@H]2C(=O)N(c3ccc(Cl)cc3)C(=O)[C@@H]12. The number of imide groups is 1. The number of benzene rings is 3. The number of nitrogens with one attached hydrogen (secondary N) is 1. The van der Waals surface area contributed by atoms with E-state index in [9.17, 15) is 19.2 Å². The number of para-hydroxylation sites is 2. The minimum absolute atomic E-state index is 0.231. The van der Waals surface area contributed by atoms with Gasteiger partial charge in [0.2, 0.25) is 17.7 Å². The van der Waals surface area contributed by atoms with E-state index in [1.54, 1.807) is 43.5 Å². The summed E-state index contributed by atoms with van der Waals surface area (Å²) in [6, 6.07) is 21.2. The first kappa shape index (κ1) is 27.3. The Morgan fingerprint density at radius 1 is 0.976 bits per heavy atom. The van der Waals surface area contributed by atoms with Crippen LogP contribution in [0.3, 0.4) is 0 Å².